The largest absolute Gasteiger partial charge is 0.478 e. The van der Waals surface area contributed by atoms with Crippen LogP contribution in [0.25, 0.3) is 39.5 Å². The Morgan fingerprint density at radius 1 is 0.947 bits per heavy atom. The number of hydrogen-bond acceptors (Lipinski definition) is 4. The molecule has 6 rings (SSSR count). The van der Waals surface area contributed by atoms with Crippen molar-refractivity contribution in [2.24, 2.45) is 0 Å². The first kappa shape index (κ1) is 25.3. The minimum Gasteiger partial charge on any atom is -0.478 e. The van der Waals surface area contributed by atoms with Gasteiger partial charge >= 0.3 is 5.97 Å². The van der Waals surface area contributed by atoms with Crippen molar-refractivity contribution in [1.29, 1.82) is 0 Å². The van der Waals surface area contributed by atoms with E-state index in [9.17, 15) is 14.3 Å². The molecule has 0 radical (unpaired) electrons. The van der Waals surface area contributed by atoms with Gasteiger partial charge in [0, 0.05) is 41.4 Å². The Kier molecular flexibility index (Phi) is 6.80. The second-order valence-corrected chi connectivity index (χ2v) is 9.20. The van der Waals surface area contributed by atoms with Crippen molar-refractivity contribution in [1.82, 2.24) is 19.7 Å². The quantitative estimate of drug-likeness (QED) is 0.296. The highest BCUT2D eigenvalue weighted by molar-refractivity contribution is 6.06. The van der Waals surface area contributed by atoms with E-state index >= 15 is 0 Å². The average molecular weight is 527 g/mol. The molecular formula is C30H24ClFN4O2. The molecule has 0 saturated heterocycles. The maximum absolute atomic E-state index is 13.7. The smallest absolute Gasteiger partial charge is 0.336 e. The van der Waals surface area contributed by atoms with Gasteiger partial charge in [-0.15, -0.1) is 12.4 Å². The molecule has 5 aromatic rings. The highest BCUT2D eigenvalue weighted by Crippen LogP contribution is 2.35. The second-order valence-electron chi connectivity index (χ2n) is 9.20. The number of carboxylic acid groups (broad SMARTS) is 1. The van der Waals surface area contributed by atoms with Gasteiger partial charge in [0.25, 0.3) is 0 Å². The molecule has 1 N–H and O–H groups in total. The third-order valence-electron chi connectivity index (χ3n) is 6.59. The zero-order valence-electron chi connectivity index (χ0n) is 20.5. The number of aromatic carboxylic acids is 1. The number of hydrogen-bond donors (Lipinski definition) is 1. The molecule has 0 fully saturated rings. The lowest BCUT2D eigenvalue weighted by molar-refractivity contribution is 0.0696. The first-order chi connectivity index (χ1) is 18.0. The Morgan fingerprint density at radius 3 is 2.39 bits per heavy atom. The fourth-order valence-electron chi connectivity index (χ4n) is 4.95. The number of pyridine rings is 1. The molecule has 0 aliphatic carbocycles. The number of nitrogens with zero attached hydrogens (tertiary/aromatic N) is 4. The van der Waals surface area contributed by atoms with E-state index in [2.05, 4.69) is 4.90 Å². The van der Waals surface area contributed by atoms with Gasteiger partial charge in [-0.25, -0.2) is 18.9 Å². The summed E-state index contributed by atoms with van der Waals surface area (Å²) in [4.78, 5) is 19.4. The van der Waals surface area contributed by atoms with Crippen LogP contribution < -0.4 is 0 Å². The standard InChI is InChI=1S/C30H23FN4O2.ClH/c1-34-16-20(29-25(18-34)27(30(36)37)24-9-5-6-10-26(24)32-29)15-21-17-35(23-7-3-2-4-8-23)33-28(21)19-11-13-22(31)14-12-19;/h2-15,17H,16,18H2,1H3,(H,36,37);1H. The number of benzene rings is 3. The van der Waals surface area contributed by atoms with E-state index in [1.807, 2.05) is 67.9 Å². The lowest BCUT2D eigenvalue weighted by Crippen LogP contribution is -2.28. The maximum Gasteiger partial charge on any atom is 0.336 e. The van der Waals surface area contributed by atoms with Crippen LogP contribution in [0.15, 0.2) is 85.1 Å². The van der Waals surface area contributed by atoms with Crippen LogP contribution in [0.2, 0.25) is 0 Å². The van der Waals surface area contributed by atoms with E-state index in [-0.39, 0.29) is 23.8 Å². The molecule has 2 aromatic heterocycles. The molecule has 0 atom stereocenters. The van der Waals surface area contributed by atoms with Crippen molar-refractivity contribution in [3.8, 4) is 16.9 Å². The number of halogens is 2. The summed E-state index contributed by atoms with van der Waals surface area (Å²) in [6.07, 6.45) is 3.96. The van der Waals surface area contributed by atoms with E-state index in [1.165, 1.54) is 12.1 Å². The molecule has 1 aliphatic heterocycles. The normalized spacial score (nSPS) is 14.3. The van der Waals surface area contributed by atoms with E-state index in [0.717, 1.165) is 22.4 Å². The molecule has 0 amide bonds. The summed E-state index contributed by atoms with van der Waals surface area (Å²) in [5.41, 5.74) is 6.43. The summed E-state index contributed by atoms with van der Waals surface area (Å²) in [7, 11) is 1.96. The van der Waals surface area contributed by atoms with Crippen molar-refractivity contribution in [2.45, 2.75) is 6.54 Å². The van der Waals surface area contributed by atoms with Crippen LogP contribution in [0.5, 0.6) is 0 Å². The van der Waals surface area contributed by atoms with Crippen LogP contribution in [0.1, 0.15) is 27.2 Å². The molecule has 0 unspecified atom stereocenters. The van der Waals surface area contributed by atoms with Gasteiger partial charge in [0.15, 0.2) is 0 Å². The van der Waals surface area contributed by atoms with E-state index in [0.29, 0.717) is 40.9 Å². The zero-order chi connectivity index (χ0) is 25.5. The first-order valence-electron chi connectivity index (χ1n) is 11.9. The van der Waals surface area contributed by atoms with E-state index in [1.54, 1.807) is 22.9 Å². The molecule has 0 spiro atoms. The zero-order valence-corrected chi connectivity index (χ0v) is 21.3. The molecule has 3 aromatic carbocycles. The van der Waals surface area contributed by atoms with Crippen molar-refractivity contribution >= 4 is 40.9 Å². The molecule has 6 nitrogen and oxygen atoms in total. The van der Waals surface area contributed by atoms with Crippen LogP contribution >= 0.6 is 12.4 Å². The fraction of sp³-hybridized carbons (Fsp3) is 0.100. The van der Waals surface area contributed by atoms with Gasteiger partial charge in [-0.2, -0.15) is 5.10 Å². The van der Waals surface area contributed by atoms with Gasteiger partial charge in [-0.3, -0.25) is 4.90 Å². The van der Waals surface area contributed by atoms with E-state index < -0.39 is 5.97 Å². The van der Waals surface area contributed by atoms with E-state index in [4.69, 9.17) is 10.1 Å². The average Bonchev–Trinajstić information content (AvgIpc) is 3.32. The highest BCUT2D eigenvalue weighted by atomic mass is 35.5. The number of likely N-dealkylation sites (N-methyl/N-ethyl adjacent to an activating group) is 1. The number of rotatable bonds is 4. The summed E-state index contributed by atoms with van der Waals surface area (Å²) in [5.74, 6) is -1.28. The molecule has 0 saturated carbocycles. The van der Waals surface area contributed by atoms with Gasteiger partial charge in [-0.05, 0) is 61.2 Å². The van der Waals surface area contributed by atoms with Gasteiger partial charge in [0.2, 0.25) is 0 Å². The Hall–Kier alpha value is -4.33. The summed E-state index contributed by atoms with van der Waals surface area (Å²) >= 11 is 0. The Bertz CT molecular complexity index is 1680. The topological polar surface area (TPSA) is 71.2 Å². The molecule has 8 heteroatoms. The molecule has 190 valence electrons. The lowest BCUT2D eigenvalue weighted by Gasteiger charge is -2.28. The molecule has 38 heavy (non-hydrogen) atoms. The van der Waals surface area contributed by atoms with Crippen LogP contribution in [-0.2, 0) is 6.54 Å². The number of carboxylic acids is 1. The van der Waals surface area contributed by atoms with Crippen molar-refractivity contribution in [3.05, 3.63) is 113 Å². The van der Waals surface area contributed by atoms with Crippen LogP contribution in [0.3, 0.4) is 0 Å². The van der Waals surface area contributed by atoms with Gasteiger partial charge in [-0.1, -0.05) is 36.4 Å². The Labute approximate surface area is 225 Å². The Balaban J connectivity index is 0.00000294. The summed E-state index contributed by atoms with van der Waals surface area (Å²) < 4.78 is 15.5. The minimum absolute atomic E-state index is 0. The van der Waals surface area contributed by atoms with Gasteiger partial charge in [0.05, 0.1) is 28.2 Å². The van der Waals surface area contributed by atoms with Crippen LogP contribution in [-0.4, -0.2) is 44.3 Å². The predicted octanol–water partition coefficient (Wildman–Crippen LogP) is 6.33. The van der Waals surface area contributed by atoms with Crippen molar-refractivity contribution in [3.63, 3.8) is 0 Å². The van der Waals surface area contributed by atoms with Crippen molar-refractivity contribution < 1.29 is 14.3 Å². The number of para-hydroxylation sites is 2. The number of fused-ring (bicyclic) bond motifs is 2. The predicted molar refractivity (Wildman–Crippen MR) is 149 cm³/mol. The third kappa shape index (κ3) is 4.58. The second kappa shape index (κ2) is 10.2. The summed E-state index contributed by atoms with van der Waals surface area (Å²) in [5, 5.41) is 15.6. The highest BCUT2D eigenvalue weighted by Gasteiger charge is 2.27. The number of carbonyl (C=O) groups is 1. The van der Waals surface area contributed by atoms with Crippen LogP contribution in [0, 0.1) is 5.82 Å². The Morgan fingerprint density at radius 2 is 1.66 bits per heavy atom. The maximum atomic E-state index is 13.7. The molecule has 1 aliphatic rings. The minimum atomic E-state index is -0.964. The van der Waals surface area contributed by atoms with Gasteiger partial charge in [0.1, 0.15) is 5.82 Å². The SMILES string of the molecule is CN1CC(=Cc2cn(-c3ccccc3)nc2-c2ccc(F)cc2)c2nc3ccccc3c(C(=O)O)c2C1.Cl. The van der Waals surface area contributed by atoms with Crippen LogP contribution in [0.4, 0.5) is 4.39 Å². The molecule has 3 heterocycles. The van der Waals surface area contributed by atoms with Crippen molar-refractivity contribution in [2.75, 3.05) is 13.6 Å². The number of aromatic nitrogens is 3. The summed E-state index contributed by atoms with van der Waals surface area (Å²) in [6, 6.07) is 23.4. The lowest BCUT2D eigenvalue weighted by atomic mass is 9.92. The van der Waals surface area contributed by atoms with Gasteiger partial charge < -0.3 is 5.11 Å². The third-order valence-corrected chi connectivity index (χ3v) is 6.59. The molecule has 0 bridgehead atoms. The summed E-state index contributed by atoms with van der Waals surface area (Å²) in [6.45, 7) is 1.08. The monoisotopic (exact) mass is 526 g/mol. The molecular weight excluding hydrogens is 503 g/mol. The first-order valence-corrected chi connectivity index (χ1v) is 11.9. The fourth-order valence-corrected chi connectivity index (χ4v) is 4.95.